The van der Waals surface area contributed by atoms with Gasteiger partial charge in [-0.25, -0.2) is 0 Å². The van der Waals surface area contributed by atoms with Crippen LogP contribution < -0.4 is 0 Å². The van der Waals surface area contributed by atoms with Crippen molar-refractivity contribution in [3.05, 3.63) is 236 Å². The van der Waals surface area contributed by atoms with E-state index in [4.69, 9.17) is 9.15 Å². The average molecular weight is 1080 g/mol. The second-order valence-corrected chi connectivity index (χ2v) is 16.0. The third-order valence-electron chi connectivity index (χ3n) is 11.3. The number of aromatic nitrogens is 5. The first-order valence-electron chi connectivity index (χ1n) is 22.8. The fourth-order valence-corrected chi connectivity index (χ4v) is 7.72. The first-order valence-corrected chi connectivity index (χ1v) is 22.8. The number of carbonyl (C=O) groups excluding carboxylic acids is 1. The van der Waals surface area contributed by atoms with E-state index in [1.165, 1.54) is 5.56 Å². The number of pyridine rings is 3. The van der Waals surface area contributed by atoms with Gasteiger partial charge in [-0.3, -0.25) is 4.79 Å². The van der Waals surface area contributed by atoms with Crippen LogP contribution in [0.25, 0.3) is 67.5 Å². The number of esters is 1. The number of ether oxygens (including phenoxy) is 1. The van der Waals surface area contributed by atoms with Crippen LogP contribution in [0.4, 0.5) is 0 Å². The summed E-state index contributed by atoms with van der Waals surface area (Å²) in [6, 6.07) is 71.1. The van der Waals surface area contributed by atoms with Crippen LogP contribution in [0.2, 0.25) is 0 Å². The third-order valence-corrected chi connectivity index (χ3v) is 11.3. The second kappa shape index (κ2) is 25.4. The van der Waals surface area contributed by atoms with Gasteiger partial charge in [0.25, 0.3) is 0 Å². The van der Waals surface area contributed by atoms with E-state index < -0.39 is 0 Å². The summed E-state index contributed by atoms with van der Waals surface area (Å²) in [7, 11) is 0. The molecule has 342 valence electrons. The third kappa shape index (κ3) is 13.7. The smallest absolute Gasteiger partial charge is 0.465 e. The molecule has 0 fully saturated rings. The van der Waals surface area contributed by atoms with Gasteiger partial charge in [0.05, 0.1) is 12.5 Å². The Kier molecular flexibility index (Phi) is 18.1. The Balaban J connectivity index is 0.000000227. The van der Waals surface area contributed by atoms with Gasteiger partial charge in [-0.05, 0) is 95.0 Å². The number of benzene rings is 6. The Bertz CT molecular complexity index is 2930. The number of nitrogens with zero attached hydrogens (tertiary/aromatic N) is 5. The number of fused-ring (bicyclic) bond motifs is 1. The molecule has 0 N–H and O–H groups in total. The van der Waals surface area contributed by atoms with E-state index in [1.54, 1.807) is 18.6 Å². The van der Waals surface area contributed by atoms with Crippen LogP contribution in [0.15, 0.2) is 211 Å². The maximum atomic E-state index is 12.9. The van der Waals surface area contributed by atoms with Crippen LogP contribution in [0.3, 0.4) is 0 Å². The van der Waals surface area contributed by atoms with Crippen molar-refractivity contribution in [3.63, 3.8) is 0 Å². The summed E-state index contributed by atoms with van der Waals surface area (Å²) in [6.45, 7) is 4.44. The van der Waals surface area contributed by atoms with Gasteiger partial charge in [0.15, 0.2) is 0 Å². The van der Waals surface area contributed by atoms with E-state index in [2.05, 4.69) is 86.7 Å². The summed E-state index contributed by atoms with van der Waals surface area (Å²) >= 11 is 0. The predicted molar refractivity (Wildman–Crippen MR) is 270 cm³/mol. The van der Waals surface area contributed by atoms with Crippen molar-refractivity contribution >= 4 is 16.7 Å². The zero-order valence-corrected chi connectivity index (χ0v) is 40.8. The standard InChI is InChI=1S/C38H34N3O3.2C11H8N.Ir/c1-3-28(24-26(2)38(42)43-23-21-27-10-8-13-32(25-27)35-16-6-7-22-39-35)29-17-19-31(20-18-29)36-40-41-37(44-36)34-15-9-12-30-11-4-5-14-33(30)34;2*1-2-6-10(7-3-1)11-8-4-5-9-12-11;/h4-12,14-20,22,25-26,28H,3,21,23-24H2,1-2H3;2*1-6,8-9H;/q3*-1;+3. The first-order chi connectivity index (χ1) is 33.5. The van der Waals surface area contributed by atoms with Crippen LogP contribution in [-0.2, 0) is 36.1 Å². The zero-order chi connectivity index (χ0) is 46.8. The van der Waals surface area contributed by atoms with Gasteiger partial charge < -0.3 is 24.1 Å². The molecule has 6 aromatic carbocycles. The minimum absolute atomic E-state index is 0. The van der Waals surface area contributed by atoms with Crippen molar-refractivity contribution in [2.24, 2.45) is 5.92 Å². The molecule has 0 amide bonds. The maximum absolute atomic E-state index is 12.9. The average Bonchev–Trinajstić information content (AvgIpc) is 3.92. The Labute approximate surface area is 417 Å². The number of hydrogen-bond acceptors (Lipinski definition) is 8. The fourth-order valence-electron chi connectivity index (χ4n) is 7.72. The van der Waals surface area contributed by atoms with Crippen LogP contribution in [-0.4, -0.2) is 37.7 Å². The monoisotopic (exact) mass is 1080 g/mol. The molecule has 69 heavy (non-hydrogen) atoms. The van der Waals surface area contributed by atoms with E-state index >= 15 is 0 Å². The van der Waals surface area contributed by atoms with Crippen LogP contribution in [0.5, 0.6) is 0 Å². The molecule has 4 heterocycles. The quantitative estimate of drug-likeness (QED) is 0.0831. The molecule has 2 unspecified atom stereocenters. The molecule has 4 aromatic heterocycles. The van der Waals surface area contributed by atoms with Gasteiger partial charge in [0.1, 0.15) is 0 Å². The minimum atomic E-state index is -0.216. The molecule has 10 rings (SSSR count). The normalized spacial score (nSPS) is 11.4. The first kappa shape index (κ1) is 49.2. The Morgan fingerprint density at radius 1 is 0.594 bits per heavy atom. The summed E-state index contributed by atoms with van der Waals surface area (Å²) in [5.41, 5.74) is 9.87. The van der Waals surface area contributed by atoms with Crippen molar-refractivity contribution in [1.29, 1.82) is 0 Å². The molecule has 0 bridgehead atoms. The summed E-state index contributed by atoms with van der Waals surface area (Å²) < 4.78 is 11.8. The Morgan fingerprint density at radius 3 is 1.75 bits per heavy atom. The molecule has 9 heteroatoms. The summed E-state index contributed by atoms with van der Waals surface area (Å²) in [5.74, 6) is 0.823. The van der Waals surface area contributed by atoms with E-state index in [0.29, 0.717) is 31.2 Å². The number of hydrogen-bond donors (Lipinski definition) is 0. The largest absolute Gasteiger partial charge is 3.00 e. The summed E-state index contributed by atoms with van der Waals surface area (Å²) in [4.78, 5) is 25.7. The van der Waals surface area contributed by atoms with Crippen molar-refractivity contribution in [2.75, 3.05) is 6.61 Å². The van der Waals surface area contributed by atoms with E-state index in [-0.39, 0.29) is 37.9 Å². The maximum Gasteiger partial charge on any atom is 3.00 e. The van der Waals surface area contributed by atoms with Gasteiger partial charge in [-0.2, -0.15) is 0 Å². The molecular formula is C60H50IrN5O3. The van der Waals surface area contributed by atoms with Gasteiger partial charge in [-0.1, -0.05) is 98.8 Å². The van der Waals surface area contributed by atoms with Crippen molar-refractivity contribution in [3.8, 4) is 56.7 Å². The second-order valence-electron chi connectivity index (χ2n) is 16.0. The summed E-state index contributed by atoms with van der Waals surface area (Å²) in [6.07, 6.45) is 7.62. The molecule has 10 aromatic rings. The van der Waals surface area contributed by atoms with Crippen LogP contribution >= 0.6 is 0 Å². The molecule has 0 aliphatic heterocycles. The Morgan fingerprint density at radius 2 is 1.16 bits per heavy atom. The Hall–Kier alpha value is -7.71. The molecule has 0 aliphatic rings. The minimum Gasteiger partial charge on any atom is -0.465 e. The number of carbonyl (C=O) groups is 1. The zero-order valence-electron chi connectivity index (χ0n) is 38.4. The van der Waals surface area contributed by atoms with Crippen molar-refractivity contribution < 1.29 is 34.1 Å². The topological polar surface area (TPSA) is 104 Å². The van der Waals surface area contributed by atoms with Crippen LogP contribution in [0.1, 0.15) is 43.7 Å². The predicted octanol–water partition coefficient (Wildman–Crippen LogP) is 13.8. The van der Waals surface area contributed by atoms with E-state index in [0.717, 1.165) is 67.7 Å². The van der Waals surface area contributed by atoms with Crippen molar-refractivity contribution in [1.82, 2.24) is 25.1 Å². The van der Waals surface area contributed by atoms with E-state index in [9.17, 15) is 4.79 Å². The molecule has 0 aliphatic carbocycles. The molecule has 2 atom stereocenters. The van der Waals surface area contributed by atoms with Crippen LogP contribution in [0, 0.1) is 24.1 Å². The van der Waals surface area contributed by atoms with Gasteiger partial charge in [0.2, 0.25) is 11.8 Å². The van der Waals surface area contributed by atoms with Gasteiger partial charge in [0, 0.05) is 29.7 Å². The number of rotatable bonds is 13. The molecular weight excluding hydrogens is 1030 g/mol. The van der Waals surface area contributed by atoms with Crippen molar-refractivity contribution in [2.45, 2.75) is 39.0 Å². The summed E-state index contributed by atoms with van der Waals surface area (Å²) in [5, 5.41) is 10.9. The molecule has 0 radical (unpaired) electrons. The SMILES string of the molecule is CCC(CC(C)C(=O)OCCc1cc[c-]c(-c2ccccn2)c1)c1ccc(-c2nnc(-c3cccc4ccccc34)o2)cc1.[Ir+3].[c-]1ccccc1-c1ccccn1.[c-]1ccccc1-c1ccccn1. The molecule has 8 nitrogen and oxygen atoms in total. The molecule has 0 spiro atoms. The fraction of sp³-hybridized carbons (Fsp3) is 0.133. The molecule has 0 saturated heterocycles. The molecule has 0 saturated carbocycles. The van der Waals surface area contributed by atoms with E-state index in [1.807, 2.05) is 159 Å². The van der Waals surface area contributed by atoms with Gasteiger partial charge >= 0.3 is 26.1 Å². The van der Waals surface area contributed by atoms with Gasteiger partial charge in [-0.15, -0.1) is 117 Å².